The molecule has 2 atom stereocenters. The normalized spacial score (nSPS) is 22.0. The van der Waals surface area contributed by atoms with Gasteiger partial charge in [-0.1, -0.05) is 23.7 Å². The van der Waals surface area contributed by atoms with Crippen LogP contribution >= 0.6 is 11.6 Å². The Labute approximate surface area is 256 Å². The number of aromatic nitrogens is 1. The molecule has 3 aliphatic heterocycles. The molecular formula is C29H36ClFN4O7S. The standard InChI is InChI=1S/C29H36ClFN4O7S/c1-28(2,3)41-27(37)33-11-12-34-17(14-33)16-40-24-21(26(34)36)25(32-23(22(24)30)19-9-7-8-10-20(19)31)35-15-18(13-29(35,4)5)42-43(6,38)39/h7-10,17-18H,11-16H2,1-6H3/t17-,18?/m1/s1. The summed E-state index contributed by atoms with van der Waals surface area (Å²) in [5.41, 5.74) is -1.10. The van der Waals surface area contributed by atoms with Crippen molar-refractivity contribution in [1.82, 2.24) is 14.8 Å². The molecule has 0 spiro atoms. The molecule has 0 aliphatic carbocycles. The van der Waals surface area contributed by atoms with Gasteiger partial charge in [0.2, 0.25) is 0 Å². The molecule has 0 N–H and O–H groups in total. The number of ether oxygens (including phenoxy) is 2. The molecule has 43 heavy (non-hydrogen) atoms. The van der Waals surface area contributed by atoms with Crippen molar-refractivity contribution in [1.29, 1.82) is 0 Å². The third-order valence-electron chi connectivity index (χ3n) is 7.64. The van der Waals surface area contributed by atoms with Gasteiger partial charge in [-0.05, 0) is 53.2 Å². The van der Waals surface area contributed by atoms with E-state index in [1.54, 1.807) is 47.6 Å². The number of halogens is 2. The lowest BCUT2D eigenvalue weighted by Gasteiger charge is -2.40. The lowest BCUT2D eigenvalue weighted by Crippen LogP contribution is -2.58. The van der Waals surface area contributed by atoms with Crippen LogP contribution in [0.5, 0.6) is 5.75 Å². The molecule has 0 radical (unpaired) electrons. The number of fused-ring (bicyclic) bond motifs is 2. The number of piperazine rings is 1. The highest BCUT2D eigenvalue weighted by Crippen LogP contribution is 2.47. The summed E-state index contributed by atoms with van der Waals surface area (Å²) in [5, 5.41) is -0.0259. The molecule has 11 nitrogen and oxygen atoms in total. The van der Waals surface area contributed by atoms with Gasteiger partial charge in [-0.3, -0.25) is 8.98 Å². The summed E-state index contributed by atoms with van der Waals surface area (Å²) in [6.07, 6.45) is 0.113. The van der Waals surface area contributed by atoms with Crippen LogP contribution in [0.4, 0.5) is 15.0 Å². The molecule has 0 bridgehead atoms. The Morgan fingerprint density at radius 3 is 2.53 bits per heavy atom. The number of nitrogens with zero attached hydrogens (tertiary/aromatic N) is 4. The van der Waals surface area contributed by atoms with Crippen molar-refractivity contribution in [2.45, 2.75) is 64.3 Å². The Morgan fingerprint density at radius 1 is 1.19 bits per heavy atom. The predicted octanol–water partition coefficient (Wildman–Crippen LogP) is 4.33. The molecule has 2 saturated heterocycles. The molecular weight excluding hydrogens is 603 g/mol. The van der Waals surface area contributed by atoms with Gasteiger partial charge in [-0.15, -0.1) is 0 Å². The minimum Gasteiger partial charge on any atom is -0.489 e. The van der Waals surface area contributed by atoms with Crippen LogP contribution in [0.1, 0.15) is 51.4 Å². The van der Waals surface area contributed by atoms with E-state index in [2.05, 4.69) is 0 Å². The lowest BCUT2D eigenvalue weighted by atomic mass is 10.00. The Morgan fingerprint density at radius 2 is 1.88 bits per heavy atom. The quantitative estimate of drug-likeness (QED) is 0.451. The minimum absolute atomic E-state index is 0.0150. The topological polar surface area (TPSA) is 119 Å². The molecule has 234 valence electrons. The molecule has 2 aromatic rings. The number of benzene rings is 1. The van der Waals surface area contributed by atoms with E-state index in [1.165, 1.54) is 12.1 Å². The number of anilines is 1. The number of hydrogen-bond acceptors (Lipinski definition) is 9. The minimum atomic E-state index is -3.76. The molecule has 2 fully saturated rings. The number of amides is 2. The van der Waals surface area contributed by atoms with Crippen LogP contribution in [0.15, 0.2) is 24.3 Å². The van der Waals surface area contributed by atoms with E-state index in [1.807, 2.05) is 13.8 Å². The number of carbonyl (C=O) groups excluding carboxylic acids is 2. The van der Waals surface area contributed by atoms with Crippen molar-refractivity contribution < 1.29 is 36.1 Å². The van der Waals surface area contributed by atoms with Crippen molar-refractivity contribution in [3.05, 3.63) is 40.7 Å². The average Bonchev–Trinajstić information content (AvgIpc) is 3.09. The second kappa shape index (κ2) is 11.1. The van der Waals surface area contributed by atoms with Crippen molar-refractivity contribution in [2.24, 2.45) is 0 Å². The van der Waals surface area contributed by atoms with Crippen molar-refractivity contribution in [2.75, 3.05) is 43.9 Å². The van der Waals surface area contributed by atoms with Gasteiger partial charge < -0.3 is 24.2 Å². The fourth-order valence-electron chi connectivity index (χ4n) is 5.83. The summed E-state index contributed by atoms with van der Waals surface area (Å²) in [7, 11) is -3.76. The molecule has 3 aliphatic rings. The van der Waals surface area contributed by atoms with Crippen LogP contribution in [0.25, 0.3) is 11.3 Å². The van der Waals surface area contributed by atoms with E-state index in [0.717, 1.165) is 6.26 Å². The fourth-order valence-corrected chi connectivity index (χ4v) is 6.75. The van der Waals surface area contributed by atoms with Crippen molar-refractivity contribution in [3.8, 4) is 17.0 Å². The third kappa shape index (κ3) is 6.39. The van der Waals surface area contributed by atoms with E-state index >= 15 is 4.39 Å². The molecule has 14 heteroatoms. The first-order chi connectivity index (χ1) is 19.9. The smallest absolute Gasteiger partial charge is 0.410 e. The van der Waals surface area contributed by atoms with Crippen LogP contribution in [0.2, 0.25) is 5.02 Å². The second-order valence-corrected chi connectivity index (χ2v) is 14.7. The molecule has 1 aromatic heterocycles. The van der Waals surface area contributed by atoms with Crippen molar-refractivity contribution in [3.63, 3.8) is 0 Å². The SMILES string of the molecule is CC(C)(C)OC(=O)N1CCN2C(=O)c3c(N4CC(OS(C)(=O)=O)CC4(C)C)nc(-c4ccccc4F)c(Cl)c3OC[C@H]2C1. The number of pyridine rings is 1. The summed E-state index contributed by atoms with van der Waals surface area (Å²) in [6.45, 7) is 9.86. The molecule has 4 heterocycles. The maximum atomic E-state index is 15.1. The highest BCUT2D eigenvalue weighted by atomic mass is 35.5. The zero-order valence-corrected chi connectivity index (χ0v) is 26.6. The highest BCUT2D eigenvalue weighted by molar-refractivity contribution is 7.86. The Balaban J connectivity index is 1.60. The van der Waals surface area contributed by atoms with Crippen LogP contribution in [-0.4, -0.2) is 97.5 Å². The van der Waals surface area contributed by atoms with Gasteiger partial charge in [0.05, 0.1) is 24.1 Å². The van der Waals surface area contributed by atoms with E-state index in [0.29, 0.717) is 6.42 Å². The average molecular weight is 639 g/mol. The maximum Gasteiger partial charge on any atom is 0.410 e. The third-order valence-corrected chi connectivity index (χ3v) is 8.62. The first-order valence-corrected chi connectivity index (χ1v) is 16.2. The monoisotopic (exact) mass is 638 g/mol. The zero-order valence-electron chi connectivity index (χ0n) is 25.0. The van der Waals surface area contributed by atoms with Gasteiger partial charge in [-0.2, -0.15) is 8.42 Å². The maximum absolute atomic E-state index is 15.1. The largest absolute Gasteiger partial charge is 0.489 e. The molecule has 5 rings (SSSR count). The zero-order chi connectivity index (χ0) is 31.5. The molecule has 2 amide bonds. The van der Waals surface area contributed by atoms with Gasteiger partial charge in [0.1, 0.15) is 34.4 Å². The summed E-state index contributed by atoms with van der Waals surface area (Å²) in [5.74, 6) is -0.736. The van der Waals surface area contributed by atoms with E-state index in [-0.39, 0.29) is 66.2 Å². The van der Waals surface area contributed by atoms with Crippen LogP contribution in [-0.2, 0) is 19.0 Å². The van der Waals surface area contributed by atoms with Gasteiger partial charge in [0.25, 0.3) is 16.0 Å². The van der Waals surface area contributed by atoms with E-state index in [4.69, 9.17) is 30.2 Å². The number of rotatable bonds is 4. The van der Waals surface area contributed by atoms with Crippen LogP contribution in [0.3, 0.4) is 0 Å². The fraction of sp³-hybridized carbons (Fsp3) is 0.552. The first-order valence-electron chi connectivity index (χ1n) is 14.0. The first kappa shape index (κ1) is 31.3. The molecule has 1 unspecified atom stereocenters. The summed E-state index contributed by atoms with van der Waals surface area (Å²) in [4.78, 5) is 36.9. The highest BCUT2D eigenvalue weighted by Gasteiger charge is 2.46. The Kier molecular flexibility index (Phi) is 8.06. The summed E-state index contributed by atoms with van der Waals surface area (Å²) in [6, 6.07) is 5.49. The summed E-state index contributed by atoms with van der Waals surface area (Å²) < 4.78 is 56.1. The van der Waals surface area contributed by atoms with Gasteiger partial charge in [0.15, 0.2) is 5.75 Å². The van der Waals surface area contributed by atoms with Gasteiger partial charge >= 0.3 is 6.09 Å². The summed E-state index contributed by atoms with van der Waals surface area (Å²) >= 11 is 6.85. The van der Waals surface area contributed by atoms with E-state index in [9.17, 15) is 18.0 Å². The van der Waals surface area contributed by atoms with E-state index < -0.39 is 51.2 Å². The Hall–Kier alpha value is -3.16. The van der Waals surface area contributed by atoms with Gasteiger partial charge in [-0.25, -0.2) is 14.2 Å². The van der Waals surface area contributed by atoms with Crippen molar-refractivity contribution >= 4 is 39.5 Å². The predicted molar refractivity (Wildman–Crippen MR) is 159 cm³/mol. The number of hydrogen-bond donors (Lipinski definition) is 0. The Bertz CT molecular complexity index is 1560. The molecule has 1 aromatic carbocycles. The molecule has 0 saturated carbocycles. The van der Waals surface area contributed by atoms with Crippen LogP contribution < -0.4 is 9.64 Å². The number of carbonyl (C=O) groups is 2. The van der Waals surface area contributed by atoms with Crippen LogP contribution in [0, 0.1) is 5.82 Å². The lowest BCUT2D eigenvalue weighted by molar-refractivity contribution is 0.000951. The van der Waals surface area contributed by atoms with Gasteiger partial charge in [0, 0.05) is 37.3 Å². The second-order valence-electron chi connectivity index (χ2n) is 12.7.